The van der Waals surface area contributed by atoms with E-state index in [0.29, 0.717) is 12.1 Å². The highest BCUT2D eigenvalue weighted by molar-refractivity contribution is 7.16. The van der Waals surface area contributed by atoms with Crippen molar-refractivity contribution in [2.24, 2.45) is 0 Å². The Bertz CT molecular complexity index is 1110. The Balaban J connectivity index is 1.76. The van der Waals surface area contributed by atoms with E-state index in [1.807, 2.05) is 54.6 Å². The molecule has 4 rings (SSSR count). The number of halogens is 1. The van der Waals surface area contributed by atoms with Crippen LogP contribution in [0.4, 0.5) is 0 Å². The third kappa shape index (κ3) is 3.70. The van der Waals surface area contributed by atoms with E-state index in [9.17, 15) is 4.79 Å². The summed E-state index contributed by atoms with van der Waals surface area (Å²) >= 11 is 7.49. The number of nitrogens with zero attached hydrogens (tertiary/aromatic N) is 3. The third-order valence-corrected chi connectivity index (χ3v) is 5.49. The summed E-state index contributed by atoms with van der Waals surface area (Å²) in [7, 11) is 1.80. The molecule has 0 aliphatic heterocycles. The smallest absolute Gasteiger partial charge is 0.254 e. The zero-order chi connectivity index (χ0) is 18.8. The minimum atomic E-state index is -0.0525. The SMILES string of the molecule is CN(Cc1ccc(Cl)s1)C(=O)c1cc(-c2cccnc2)nc2ccccc12. The molecule has 0 aliphatic carbocycles. The molecular formula is C21H16ClN3OS. The molecule has 0 fully saturated rings. The van der Waals surface area contributed by atoms with Crippen LogP contribution in [0.15, 0.2) is 67.0 Å². The molecule has 0 spiro atoms. The van der Waals surface area contributed by atoms with E-state index >= 15 is 0 Å². The largest absolute Gasteiger partial charge is 0.337 e. The van der Waals surface area contributed by atoms with Gasteiger partial charge in [0.25, 0.3) is 5.91 Å². The first-order valence-corrected chi connectivity index (χ1v) is 9.61. The molecule has 3 heterocycles. The van der Waals surface area contributed by atoms with Gasteiger partial charge in [-0.15, -0.1) is 11.3 Å². The van der Waals surface area contributed by atoms with Crippen LogP contribution in [0, 0.1) is 0 Å². The number of benzene rings is 1. The molecule has 4 nitrogen and oxygen atoms in total. The summed E-state index contributed by atoms with van der Waals surface area (Å²) in [6.45, 7) is 0.509. The standard InChI is InChI=1S/C21H16ClN3OS/c1-25(13-15-8-9-20(22)27-15)21(26)17-11-19(14-5-4-10-23-12-14)24-18-7-3-2-6-16(17)18/h2-12H,13H2,1H3. The first-order valence-electron chi connectivity index (χ1n) is 8.41. The van der Waals surface area contributed by atoms with Crippen molar-refractivity contribution in [1.29, 1.82) is 0 Å². The van der Waals surface area contributed by atoms with Crippen LogP contribution < -0.4 is 0 Å². The summed E-state index contributed by atoms with van der Waals surface area (Å²) in [6.07, 6.45) is 3.47. The molecule has 6 heteroatoms. The van der Waals surface area contributed by atoms with Gasteiger partial charge in [0.1, 0.15) is 0 Å². The van der Waals surface area contributed by atoms with Crippen molar-refractivity contribution in [2.45, 2.75) is 6.54 Å². The molecule has 0 unspecified atom stereocenters. The summed E-state index contributed by atoms with van der Waals surface area (Å²) < 4.78 is 0.721. The van der Waals surface area contributed by atoms with Crippen LogP contribution in [-0.4, -0.2) is 27.8 Å². The van der Waals surface area contributed by atoms with E-state index < -0.39 is 0 Å². The fraction of sp³-hybridized carbons (Fsp3) is 0.0952. The molecule has 0 bridgehead atoms. The van der Waals surface area contributed by atoms with Crippen molar-refractivity contribution in [3.8, 4) is 11.3 Å². The Morgan fingerprint density at radius 1 is 1.15 bits per heavy atom. The second-order valence-electron chi connectivity index (χ2n) is 6.18. The Labute approximate surface area is 166 Å². The zero-order valence-corrected chi connectivity index (χ0v) is 16.2. The van der Waals surface area contributed by atoms with Gasteiger partial charge in [0.15, 0.2) is 0 Å². The molecule has 0 saturated carbocycles. The Morgan fingerprint density at radius 2 is 2.00 bits per heavy atom. The Morgan fingerprint density at radius 3 is 2.74 bits per heavy atom. The highest BCUT2D eigenvalue weighted by Crippen LogP contribution is 2.27. The third-order valence-electron chi connectivity index (χ3n) is 4.27. The predicted molar refractivity (Wildman–Crippen MR) is 110 cm³/mol. The van der Waals surface area contributed by atoms with Crippen molar-refractivity contribution >= 4 is 39.7 Å². The van der Waals surface area contributed by atoms with Gasteiger partial charge < -0.3 is 4.90 Å². The molecule has 0 aliphatic rings. The van der Waals surface area contributed by atoms with Crippen LogP contribution in [0.2, 0.25) is 4.34 Å². The monoisotopic (exact) mass is 393 g/mol. The normalized spacial score (nSPS) is 10.9. The Hall–Kier alpha value is -2.76. The van der Waals surface area contributed by atoms with E-state index in [0.717, 1.165) is 31.4 Å². The minimum Gasteiger partial charge on any atom is -0.337 e. The van der Waals surface area contributed by atoms with Gasteiger partial charge in [0, 0.05) is 35.3 Å². The summed E-state index contributed by atoms with van der Waals surface area (Å²) in [6, 6.07) is 17.1. The van der Waals surface area contributed by atoms with Crippen molar-refractivity contribution in [1.82, 2.24) is 14.9 Å². The maximum absolute atomic E-state index is 13.2. The number of amides is 1. The molecule has 0 atom stereocenters. The van der Waals surface area contributed by atoms with Crippen LogP contribution in [0.25, 0.3) is 22.2 Å². The van der Waals surface area contributed by atoms with Gasteiger partial charge in [-0.25, -0.2) is 4.98 Å². The summed E-state index contributed by atoms with van der Waals surface area (Å²) in [4.78, 5) is 24.8. The second kappa shape index (κ2) is 7.47. The highest BCUT2D eigenvalue weighted by Gasteiger charge is 2.18. The highest BCUT2D eigenvalue weighted by atomic mass is 35.5. The van der Waals surface area contributed by atoms with Gasteiger partial charge in [0.2, 0.25) is 0 Å². The van der Waals surface area contributed by atoms with Crippen LogP contribution in [-0.2, 0) is 6.54 Å². The van der Waals surface area contributed by atoms with Crippen molar-refractivity contribution in [3.05, 3.63) is 81.8 Å². The van der Waals surface area contributed by atoms with Crippen LogP contribution in [0.1, 0.15) is 15.2 Å². The lowest BCUT2D eigenvalue weighted by Crippen LogP contribution is -2.26. The molecule has 134 valence electrons. The van der Waals surface area contributed by atoms with E-state index in [4.69, 9.17) is 16.6 Å². The molecule has 0 saturated heterocycles. The topological polar surface area (TPSA) is 46.1 Å². The number of aromatic nitrogens is 2. The lowest BCUT2D eigenvalue weighted by molar-refractivity contribution is 0.0788. The average Bonchev–Trinajstić information content (AvgIpc) is 3.11. The van der Waals surface area contributed by atoms with Crippen molar-refractivity contribution in [3.63, 3.8) is 0 Å². The number of carbonyl (C=O) groups is 1. The van der Waals surface area contributed by atoms with E-state index in [-0.39, 0.29) is 5.91 Å². The van der Waals surface area contributed by atoms with Gasteiger partial charge in [-0.1, -0.05) is 29.8 Å². The summed E-state index contributed by atoms with van der Waals surface area (Å²) in [5.74, 6) is -0.0525. The Kier molecular flexibility index (Phi) is 4.88. The molecule has 0 radical (unpaired) electrons. The van der Waals surface area contributed by atoms with E-state index in [1.54, 1.807) is 24.3 Å². The number of pyridine rings is 2. The maximum atomic E-state index is 13.2. The molecule has 1 amide bonds. The van der Waals surface area contributed by atoms with Crippen LogP contribution >= 0.6 is 22.9 Å². The fourth-order valence-electron chi connectivity index (χ4n) is 2.96. The van der Waals surface area contributed by atoms with Crippen LogP contribution in [0.5, 0.6) is 0 Å². The molecule has 27 heavy (non-hydrogen) atoms. The number of hydrogen-bond donors (Lipinski definition) is 0. The molecule has 0 N–H and O–H groups in total. The number of fused-ring (bicyclic) bond motifs is 1. The van der Waals surface area contributed by atoms with Crippen molar-refractivity contribution in [2.75, 3.05) is 7.05 Å². The van der Waals surface area contributed by atoms with Crippen molar-refractivity contribution < 1.29 is 4.79 Å². The molecule has 1 aromatic carbocycles. The van der Waals surface area contributed by atoms with Crippen LogP contribution in [0.3, 0.4) is 0 Å². The van der Waals surface area contributed by atoms with E-state index in [2.05, 4.69) is 4.98 Å². The summed E-state index contributed by atoms with van der Waals surface area (Å²) in [5.41, 5.74) is 3.03. The van der Waals surface area contributed by atoms with Gasteiger partial charge in [-0.3, -0.25) is 9.78 Å². The fourth-order valence-corrected chi connectivity index (χ4v) is 4.10. The zero-order valence-electron chi connectivity index (χ0n) is 14.6. The molecular weight excluding hydrogens is 378 g/mol. The lowest BCUT2D eigenvalue weighted by atomic mass is 10.0. The second-order valence-corrected chi connectivity index (χ2v) is 7.98. The average molecular weight is 394 g/mol. The number of carbonyl (C=O) groups excluding carboxylic acids is 1. The number of thiophene rings is 1. The maximum Gasteiger partial charge on any atom is 0.254 e. The number of rotatable bonds is 4. The first kappa shape index (κ1) is 17.6. The predicted octanol–water partition coefficient (Wildman–Crippen LogP) is 5.28. The van der Waals surface area contributed by atoms with Gasteiger partial charge in [-0.2, -0.15) is 0 Å². The van der Waals surface area contributed by atoms with Gasteiger partial charge in [-0.05, 0) is 36.4 Å². The molecule has 3 aromatic heterocycles. The lowest BCUT2D eigenvalue weighted by Gasteiger charge is -2.18. The van der Waals surface area contributed by atoms with Gasteiger partial charge in [0.05, 0.1) is 27.7 Å². The minimum absolute atomic E-state index is 0.0525. The summed E-state index contributed by atoms with van der Waals surface area (Å²) in [5, 5.41) is 0.839. The number of para-hydroxylation sites is 1. The molecule has 4 aromatic rings. The number of hydrogen-bond acceptors (Lipinski definition) is 4. The van der Waals surface area contributed by atoms with E-state index in [1.165, 1.54) is 11.3 Å². The van der Waals surface area contributed by atoms with Gasteiger partial charge >= 0.3 is 0 Å². The quantitative estimate of drug-likeness (QED) is 0.473. The first-order chi connectivity index (χ1) is 13.1.